The molecule has 9 aromatic rings. The summed E-state index contributed by atoms with van der Waals surface area (Å²) < 4.78 is 8.92. The van der Waals surface area contributed by atoms with Crippen LogP contribution in [-0.2, 0) is 17.2 Å². The molecule has 1 fully saturated rings. The van der Waals surface area contributed by atoms with Gasteiger partial charge in [0.15, 0.2) is 11.5 Å². The SMILES string of the molecule is S=P(c1ccccc1)(c1ccccc1)c1cc(-c2ccc(C3(c4ccc(N5c6ccccc6Oc6ccccc65)cc4)CCCCC3)cc2)cc2c1sc1ccccc12. The Labute approximate surface area is 355 Å². The molecule has 0 amide bonds. The summed E-state index contributed by atoms with van der Waals surface area (Å²) in [5.41, 5.74) is 8.44. The standard InChI is InChI=1S/C54H42NOPS2/c58-57(43-16-4-1-5-17-43,44-18-6-2-7-19-44)51-37-39(36-46-45-20-8-13-25-52(45)59-53(46)51)38-26-28-40(29-27-38)54(34-14-3-15-35-54)41-30-32-42(33-31-41)55-47-21-9-11-23-49(47)56-50-24-12-10-22-48(50)55/h1-2,4-13,16-33,36-37H,3,14-15,34-35H2. The summed E-state index contributed by atoms with van der Waals surface area (Å²) in [5.74, 6) is 1.75. The highest BCUT2D eigenvalue weighted by atomic mass is 32.4. The van der Waals surface area contributed by atoms with Gasteiger partial charge in [-0.1, -0.05) is 171 Å². The van der Waals surface area contributed by atoms with Gasteiger partial charge in [-0.25, -0.2) is 0 Å². The molecular formula is C54H42NOPS2. The third kappa shape index (κ3) is 6.08. The molecule has 11 rings (SSSR count). The topological polar surface area (TPSA) is 12.5 Å². The lowest BCUT2D eigenvalue weighted by Crippen LogP contribution is -2.30. The van der Waals surface area contributed by atoms with Crippen LogP contribution >= 0.6 is 17.4 Å². The van der Waals surface area contributed by atoms with Gasteiger partial charge in [-0.15, -0.1) is 11.3 Å². The minimum Gasteiger partial charge on any atom is -0.453 e. The molecular weight excluding hydrogens is 774 g/mol. The lowest BCUT2D eigenvalue weighted by molar-refractivity contribution is 0.346. The molecule has 0 spiro atoms. The minimum absolute atomic E-state index is 0.0449. The van der Waals surface area contributed by atoms with Crippen LogP contribution in [0.15, 0.2) is 194 Å². The number of nitrogens with zero attached hydrogens (tertiary/aromatic N) is 1. The van der Waals surface area contributed by atoms with Crippen molar-refractivity contribution in [2.75, 3.05) is 4.90 Å². The van der Waals surface area contributed by atoms with E-state index in [0.717, 1.165) is 41.4 Å². The van der Waals surface area contributed by atoms with Gasteiger partial charge in [-0.2, -0.15) is 0 Å². The lowest BCUT2D eigenvalue weighted by Gasteiger charge is -2.39. The van der Waals surface area contributed by atoms with E-state index in [1.165, 1.54) is 77.6 Å². The molecule has 0 saturated heterocycles. The first-order chi connectivity index (χ1) is 29.1. The number of para-hydroxylation sites is 4. The molecule has 1 aromatic heterocycles. The van der Waals surface area contributed by atoms with Crippen molar-refractivity contribution in [2.45, 2.75) is 37.5 Å². The number of hydrogen-bond donors (Lipinski definition) is 0. The van der Waals surface area contributed by atoms with Crippen LogP contribution in [0.3, 0.4) is 0 Å². The van der Waals surface area contributed by atoms with Crippen LogP contribution < -0.4 is 25.6 Å². The third-order valence-electron chi connectivity index (χ3n) is 12.6. The van der Waals surface area contributed by atoms with Crippen LogP contribution in [0.2, 0.25) is 0 Å². The fraction of sp³-hybridized carbons (Fsp3) is 0.111. The number of benzene rings is 8. The highest BCUT2D eigenvalue weighted by Crippen LogP contribution is 2.52. The molecule has 2 heterocycles. The fourth-order valence-corrected chi connectivity index (χ4v) is 15.5. The summed E-state index contributed by atoms with van der Waals surface area (Å²) in [4.78, 5) is 2.33. The van der Waals surface area contributed by atoms with Crippen molar-refractivity contribution in [3.63, 3.8) is 0 Å². The maximum atomic E-state index is 7.02. The van der Waals surface area contributed by atoms with Gasteiger partial charge in [0.05, 0.1) is 11.4 Å². The molecule has 0 radical (unpaired) electrons. The fourth-order valence-electron chi connectivity index (χ4n) is 9.71. The average Bonchev–Trinajstić information content (AvgIpc) is 3.70. The van der Waals surface area contributed by atoms with E-state index in [9.17, 15) is 0 Å². The number of rotatable bonds is 7. The Bertz CT molecular complexity index is 2930. The Morgan fingerprint density at radius 3 is 1.68 bits per heavy atom. The van der Waals surface area contributed by atoms with E-state index < -0.39 is 6.04 Å². The Balaban J connectivity index is 1.01. The van der Waals surface area contributed by atoms with Crippen molar-refractivity contribution < 1.29 is 4.74 Å². The van der Waals surface area contributed by atoms with Gasteiger partial charge in [0.2, 0.25) is 0 Å². The first kappa shape index (κ1) is 36.3. The van der Waals surface area contributed by atoms with Crippen molar-refractivity contribution in [2.24, 2.45) is 0 Å². The maximum absolute atomic E-state index is 7.02. The van der Waals surface area contributed by atoms with Crippen LogP contribution in [0.5, 0.6) is 11.5 Å². The van der Waals surface area contributed by atoms with E-state index in [2.05, 4.69) is 187 Å². The first-order valence-corrected chi connectivity index (χ1v) is 24.3. The van der Waals surface area contributed by atoms with Crippen LogP contribution in [0, 0.1) is 0 Å². The Morgan fingerprint density at radius 2 is 1.05 bits per heavy atom. The zero-order chi connectivity index (χ0) is 39.4. The Kier molecular flexibility index (Phi) is 9.11. The number of ether oxygens (including phenoxy) is 1. The smallest absolute Gasteiger partial charge is 0.151 e. The van der Waals surface area contributed by atoms with Gasteiger partial charge in [-0.3, -0.25) is 0 Å². The van der Waals surface area contributed by atoms with E-state index in [0.29, 0.717) is 0 Å². The predicted molar refractivity (Wildman–Crippen MR) is 256 cm³/mol. The van der Waals surface area contributed by atoms with Crippen molar-refractivity contribution in [1.29, 1.82) is 0 Å². The van der Waals surface area contributed by atoms with Crippen LogP contribution in [-0.4, -0.2) is 0 Å². The molecule has 2 aliphatic rings. The monoisotopic (exact) mass is 815 g/mol. The second-order valence-corrected chi connectivity index (χ2v) is 21.3. The zero-order valence-corrected chi connectivity index (χ0v) is 35.2. The van der Waals surface area contributed by atoms with Gasteiger partial charge >= 0.3 is 0 Å². The van der Waals surface area contributed by atoms with E-state index in [-0.39, 0.29) is 5.41 Å². The van der Waals surface area contributed by atoms with Crippen molar-refractivity contribution in [3.05, 3.63) is 205 Å². The lowest BCUT2D eigenvalue weighted by atomic mass is 9.65. The molecule has 1 saturated carbocycles. The van der Waals surface area contributed by atoms with Gasteiger partial charge in [0.1, 0.15) is 0 Å². The number of anilines is 3. The molecule has 8 aromatic carbocycles. The second kappa shape index (κ2) is 14.8. The molecule has 2 nitrogen and oxygen atoms in total. The van der Waals surface area contributed by atoms with E-state index in [1.807, 2.05) is 23.5 Å². The molecule has 286 valence electrons. The van der Waals surface area contributed by atoms with Crippen LogP contribution in [0.1, 0.15) is 43.2 Å². The third-order valence-corrected chi connectivity index (χ3v) is 18.9. The highest BCUT2D eigenvalue weighted by molar-refractivity contribution is 8.25. The molecule has 1 aliphatic heterocycles. The molecule has 0 bridgehead atoms. The number of thiophene rings is 1. The quantitative estimate of drug-likeness (QED) is 0.149. The van der Waals surface area contributed by atoms with Crippen molar-refractivity contribution >= 4 is 82.3 Å². The molecule has 0 unspecified atom stereocenters. The van der Waals surface area contributed by atoms with E-state index in [4.69, 9.17) is 16.5 Å². The van der Waals surface area contributed by atoms with Gasteiger partial charge < -0.3 is 9.64 Å². The largest absolute Gasteiger partial charge is 0.453 e. The van der Waals surface area contributed by atoms with Gasteiger partial charge in [-0.05, 0) is 100 Å². The summed E-state index contributed by atoms with van der Waals surface area (Å²) in [6, 6.07) is 68.6. The van der Waals surface area contributed by atoms with Gasteiger partial charge in [0.25, 0.3) is 0 Å². The zero-order valence-electron chi connectivity index (χ0n) is 32.6. The summed E-state index contributed by atoms with van der Waals surface area (Å²) >= 11 is 8.90. The molecule has 59 heavy (non-hydrogen) atoms. The minimum atomic E-state index is -2.42. The van der Waals surface area contributed by atoms with Crippen LogP contribution in [0.25, 0.3) is 31.3 Å². The van der Waals surface area contributed by atoms with Crippen molar-refractivity contribution in [1.82, 2.24) is 0 Å². The van der Waals surface area contributed by atoms with E-state index in [1.54, 1.807) is 0 Å². The van der Waals surface area contributed by atoms with E-state index >= 15 is 0 Å². The summed E-state index contributed by atoms with van der Waals surface area (Å²) in [6.45, 7) is 0. The Morgan fingerprint density at radius 1 is 0.508 bits per heavy atom. The first-order valence-electron chi connectivity index (χ1n) is 20.6. The molecule has 5 heteroatoms. The van der Waals surface area contributed by atoms with Crippen LogP contribution in [0.4, 0.5) is 17.1 Å². The predicted octanol–water partition coefficient (Wildman–Crippen LogP) is 14.3. The molecule has 0 N–H and O–H groups in total. The molecule has 0 atom stereocenters. The highest BCUT2D eigenvalue weighted by Gasteiger charge is 2.36. The molecule has 1 aliphatic carbocycles. The summed E-state index contributed by atoms with van der Waals surface area (Å²) in [5, 5.41) is 6.30. The normalized spacial score (nSPS) is 14.7. The summed E-state index contributed by atoms with van der Waals surface area (Å²) in [6.07, 6.45) is 6.02. The number of fused-ring (bicyclic) bond motifs is 5. The maximum Gasteiger partial charge on any atom is 0.151 e. The summed E-state index contributed by atoms with van der Waals surface area (Å²) in [7, 11) is 0. The average molecular weight is 816 g/mol. The second-order valence-electron chi connectivity index (χ2n) is 15.9. The number of hydrogen-bond acceptors (Lipinski definition) is 4. The van der Waals surface area contributed by atoms with Crippen molar-refractivity contribution in [3.8, 4) is 22.6 Å². The van der Waals surface area contributed by atoms with Gasteiger partial charge in [0, 0.05) is 42.6 Å². The Hall–Kier alpha value is -5.77.